The Labute approximate surface area is 260 Å². The molecule has 4 heteroatoms. The first-order chi connectivity index (χ1) is 21.4. The molecule has 218 valence electrons. The number of hydrogen-bond donors (Lipinski definition) is 1. The molecule has 0 bridgehead atoms. The van der Waals surface area contributed by atoms with Crippen LogP contribution < -0.4 is 10.2 Å². The number of fused-ring (bicyclic) bond motifs is 6. The van der Waals surface area contributed by atoms with E-state index >= 15 is 0 Å². The molecule has 0 aliphatic heterocycles. The molecule has 0 atom stereocenters. The first-order valence-corrected chi connectivity index (χ1v) is 15.3. The van der Waals surface area contributed by atoms with E-state index in [0.717, 1.165) is 29.3 Å². The average molecular weight is 575 g/mol. The number of hydrogen-bond acceptors (Lipinski definition) is 3. The third kappa shape index (κ3) is 4.41. The standard InChI is InChI=1S/C40H38N4/c1-27(21-22-41-4)44-37-20-19-28(26-43(29-13-7-6-8-14-29)38-18-12-11-17-36(38)42-5)23-32(37)33-24-31-30-15-9-10-16-34(30)40(2,3)35(31)25-39(33)44/h6-25,42H,26H2,1-5H3/b27-21+,41-22+. The Hall–Kier alpha value is -5.09. The van der Waals surface area contributed by atoms with E-state index in [4.69, 9.17) is 0 Å². The van der Waals surface area contributed by atoms with Gasteiger partial charge in [0.1, 0.15) is 0 Å². The van der Waals surface area contributed by atoms with Crippen LogP contribution in [-0.2, 0) is 12.0 Å². The number of aliphatic imine (C=N–C) groups is 1. The minimum Gasteiger partial charge on any atom is -0.386 e. The summed E-state index contributed by atoms with van der Waals surface area (Å²) in [6.45, 7) is 7.61. The lowest BCUT2D eigenvalue weighted by molar-refractivity contribution is 0.661. The largest absolute Gasteiger partial charge is 0.386 e. The van der Waals surface area contributed by atoms with Gasteiger partial charge in [-0.05, 0) is 89.3 Å². The number of rotatable bonds is 7. The zero-order chi connectivity index (χ0) is 30.4. The second kappa shape index (κ2) is 10.9. The highest BCUT2D eigenvalue weighted by Gasteiger charge is 2.36. The lowest BCUT2D eigenvalue weighted by Gasteiger charge is -2.27. The van der Waals surface area contributed by atoms with Crippen LogP contribution in [-0.4, -0.2) is 24.9 Å². The fourth-order valence-electron chi connectivity index (χ4n) is 7.02. The van der Waals surface area contributed by atoms with Crippen molar-refractivity contribution in [3.05, 3.63) is 132 Å². The summed E-state index contributed by atoms with van der Waals surface area (Å²) in [5.74, 6) is 0. The second-order valence-electron chi connectivity index (χ2n) is 12.2. The first-order valence-electron chi connectivity index (χ1n) is 15.3. The maximum absolute atomic E-state index is 4.25. The van der Waals surface area contributed by atoms with Crippen LogP contribution in [0.15, 0.2) is 120 Å². The van der Waals surface area contributed by atoms with Crippen molar-refractivity contribution in [2.45, 2.75) is 32.7 Å². The van der Waals surface area contributed by atoms with Crippen LogP contribution in [0.25, 0.3) is 38.6 Å². The Morgan fingerprint density at radius 1 is 0.795 bits per heavy atom. The zero-order valence-corrected chi connectivity index (χ0v) is 26.1. The number of nitrogens with zero attached hydrogens (tertiary/aromatic N) is 3. The number of aromatic nitrogens is 1. The molecular formula is C40H38N4. The van der Waals surface area contributed by atoms with Gasteiger partial charge in [-0.15, -0.1) is 0 Å². The Bertz CT molecular complexity index is 2080. The molecule has 5 aromatic carbocycles. The summed E-state index contributed by atoms with van der Waals surface area (Å²) < 4.78 is 2.40. The first kappa shape index (κ1) is 27.7. The second-order valence-corrected chi connectivity index (χ2v) is 12.2. The Morgan fingerprint density at radius 3 is 2.32 bits per heavy atom. The number of benzene rings is 5. The van der Waals surface area contributed by atoms with Crippen molar-refractivity contribution in [1.29, 1.82) is 0 Å². The summed E-state index contributed by atoms with van der Waals surface area (Å²) in [7, 11) is 3.80. The Morgan fingerprint density at radius 2 is 1.52 bits per heavy atom. The molecule has 1 heterocycles. The topological polar surface area (TPSA) is 32.6 Å². The van der Waals surface area contributed by atoms with Gasteiger partial charge in [-0.3, -0.25) is 4.99 Å². The van der Waals surface area contributed by atoms with Gasteiger partial charge in [0.15, 0.2) is 0 Å². The number of nitrogens with one attached hydrogen (secondary N) is 1. The lowest BCUT2D eigenvalue weighted by atomic mass is 9.82. The number of anilines is 3. The van der Waals surface area contributed by atoms with Crippen molar-refractivity contribution in [2.75, 3.05) is 24.3 Å². The van der Waals surface area contributed by atoms with Crippen LogP contribution in [0.3, 0.4) is 0 Å². The van der Waals surface area contributed by atoms with Crippen molar-refractivity contribution in [1.82, 2.24) is 4.57 Å². The molecule has 0 radical (unpaired) electrons. The highest BCUT2D eigenvalue weighted by Crippen LogP contribution is 2.51. The van der Waals surface area contributed by atoms with Gasteiger partial charge in [0.05, 0.1) is 22.4 Å². The van der Waals surface area contributed by atoms with E-state index in [2.05, 4.69) is 156 Å². The van der Waals surface area contributed by atoms with E-state index in [1.54, 1.807) is 0 Å². The summed E-state index contributed by atoms with van der Waals surface area (Å²) in [5, 5.41) is 5.93. The summed E-state index contributed by atoms with van der Waals surface area (Å²) in [4.78, 5) is 6.64. The fraction of sp³-hybridized carbons (Fsp3) is 0.175. The molecule has 6 aromatic rings. The van der Waals surface area contributed by atoms with Crippen LogP contribution in [0.4, 0.5) is 17.1 Å². The van der Waals surface area contributed by atoms with Crippen molar-refractivity contribution in [3.8, 4) is 11.1 Å². The van der Waals surface area contributed by atoms with E-state index < -0.39 is 0 Å². The van der Waals surface area contributed by atoms with Crippen molar-refractivity contribution < 1.29 is 0 Å². The molecule has 1 aliphatic rings. The Kier molecular flexibility index (Phi) is 6.85. The van der Waals surface area contributed by atoms with Crippen LogP contribution in [0.2, 0.25) is 0 Å². The minimum absolute atomic E-state index is 0.0635. The molecule has 44 heavy (non-hydrogen) atoms. The molecule has 4 nitrogen and oxygen atoms in total. The monoisotopic (exact) mass is 574 g/mol. The van der Waals surface area contributed by atoms with Gasteiger partial charge in [-0.1, -0.05) is 74.5 Å². The van der Waals surface area contributed by atoms with Gasteiger partial charge in [-0.25, -0.2) is 0 Å². The van der Waals surface area contributed by atoms with Gasteiger partial charge >= 0.3 is 0 Å². The molecule has 0 saturated carbocycles. The predicted octanol–water partition coefficient (Wildman–Crippen LogP) is 10.0. The van der Waals surface area contributed by atoms with Crippen LogP contribution >= 0.6 is 0 Å². The van der Waals surface area contributed by atoms with E-state index in [1.165, 1.54) is 49.6 Å². The number of para-hydroxylation sites is 3. The van der Waals surface area contributed by atoms with Gasteiger partial charge in [0.2, 0.25) is 0 Å². The van der Waals surface area contributed by atoms with E-state index in [-0.39, 0.29) is 5.41 Å². The molecule has 1 N–H and O–H groups in total. The Balaban J connectivity index is 1.45. The van der Waals surface area contributed by atoms with Crippen molar-refractivity contribution >= 4 is 50.8 Å². The van der Waals surface area contributed by atoms with Crippen LogP contribution in [0.1, 0.15) is 37.5 Å². The third-order valence-electron chi connectivity index (χ3n) is 9.22. The number of allylic oxidation sites excluding steroid dienone is 2. The van der Waals surface area contributed by atoms with E-state index in [0.29, 0.717) is 0 Å². The highest BCUT2D eigenvalue weighted by atomic mass is 15.1. The summed E-state index contributed by atoms with van der Waals surface area (Å²) in [6, 6.07) is 39.9. The minimum atomic E-state index is -0.0635. The van der Waals surface area contributed by atoms with E-state index in [1.807, 2.05) is 20.3 Å². The maximum Gasteiger partial charge on any atom is 0.0649 e. The normalized spacial score (nSPS) is 13.9. The molecular weight excluding hydrogens is 536 g/mol. The summed E-state index contributed by atoms with van der Waals surface area (Å²) in [6.07, 6.45) is 3.98. The molecule has 0 fully saturated rings. The molecule has 1 aromatic heterocycles. The summed E-state index contributed by atoms with van der Waals surface area (Å²) >= 11 is 0. The molecule has 7 rings (SSSR count). The van der Waals surface area contributed by atoms with Crippen LogP contribution in [0.5, 0.6) is 0 Å². The molecule has 1 aliphatic carbocycles. The lowest BCUT2D eigenvalue weighted by Crippen LogP contribution is -2.17. The molecule has 0 saturated heterocycles. The van der Waals surface area contributed by atoms with Crippen LogP contribution in [0, 0.1) is 0 Å². The highest BCUT2D eigenvalue weighted by molar-refractivity contribution is 6.12. The predicted molar refractivity (Wildman–Crippen MR) is 190 cm³/mol. The average Bonchev–Trinajstić information content (AvgIpc) is 3.49. The van der Waals surface area contributed by atoms with Gasteiger partial charge in [0, 0.05) is 54.4 Å². The maximum atomic E-state index is 4.25. The SMILES string of the molecule is C/N=C/C=C(\C)n1c2ccc(CN(c3ccccc3)c3ccccc3NC)cc2c2cc3c(cc21)C(C)(C)c1ccccc1-3. The van der Waals surface area contributed by atoms with Gasteiger partial charge < -0.3 is 14.8 Å². The van der Waals surface area contributed by atoms with Gasteiger partial charge in [0.25, 0.3) is 0 Å². The van der Waals surface area contributed by atoms with E-state index in [9.17, 15) is 0 Å². The van der Waals surface area contributed by atoms with Gasteiger partial charge in [-0.2, -0.15) is 0 Å². The van der Waals surface area contributed by atoms with Crippen molar-refractivity contribution in [3.63, 3.8) is 0 Å². The summed E-state index contributed by atoms with van der Waals surface area (Å²) in [5.41, 5.74) is 13.6. The van der Waals surface area contributed by atoms with Crippen molar-refractivity contribution in [2.24, 2.45) is 4.99 Å². The zero-order valence-electron chi connectivity index (χ0n) is 26.1. The smallest absolute Gasteiger partial charge is 0.0649 e. The molecule has 0 amide bonds. The molecule has 0 unspecified atom stereocenters. The fourth-order valence-corrected chi connectivity index (χ4v) is 7.02. The third-order valence-corrected chi connectivity index (χ3v) is 9.22. The molecule has 0 spiro atoms. The quantitative estimate of drug-likeness (QED) is 0.192.